The molecule has 6 nitrogen and oxygen atoms in total. The summed E-state index contributed by atoms with van der Waals surface area (Å²) < 4.78 is 0. The number of aromatic nitrogens is 2. The second-order valence-electron chi connectivity index (χ2n) is 6.62. The van der Waals surface area contributed by atoms with Crippen molar-refractivity contribution in [2.75, 3.05) is 6.54 Å². The SMILES string of the molecule is C=C1NNCC(N)=C1c1nccc(C(=C)NC2Cc3ccccc3C2)n1. The Morgan fingerprint density at radius 1 is 1.19 bits per heavy atom. The van der Waals surface area contributed by atoms with Gasteiger partial charge in [-0.05, 0) is 30.0 Å². The van der Waals surface area contributed by atoms with Gasteiger partial charge in [0.25, 0.3) is 0 Å². The Hall–Kier alpha value is -3.12. The standard InChI is InChI=1S/C20H22N6/c1-12(24-16-9-14-5-3-4-6-15(14)10-16)18-7-8-22-20(25-18)19-13(2)26-23-11-17(19)21/h3-8,16,23-24,26H,1-2,9-11,21H2. The normalized spacial score (nSPS) is 17.0. The van der Waals surface area contributed by atoms with Gasteiger partial charge in [-0.3, -0.25) is 0 Å². The van der Waals surface area contributed by atoms with Crippen LogP contribution in [-0.4, -0.2) is 22.6 Å². The van der Waals surface area contributed by atoms with Crippen LogP contribution in [0.1, 0.15) is 22.6 Å². The molecular weight excluding hydrogens is 324 g/mol. The maximum Gasteiger partial charge on any atom is 0.163 e. The van der Waals surface area contributed by atoms with E-state index >= 15 is 0 Å². The minimum absolute atomic E-state index is 0.332. The van der Waals surface area contributed by atoms with E-state index in [2.05, 4.69) is 63.6 Å². The lowest BCUT2D eigenvalue weighted by atomic mass is 10.1. The van der Waals surface area contributed by atoms with Crippen LogP contribution in [0.25, 0.3) is 11.3 Å². The minimum atomic E-state index is 0.332. The molecule has 6 heteroatoms. The summed E-state index contributed by atoms with van der Waals surface area (Å²) in [4.78, 5) is 9.01. The van der Waals surface area contributed by atoms with Crippen LogP contribution in [0, 0.1) is 0 Å². The van der Waals surface area contributed by atoms with Crippen molar-refractivity contribution >= 4 is 11.3 Å². The second kappa shape index (κ2) is 6.65. The molecule has 0 bridgehead atoms. The third kappa shape index (κ3) is 3.07. The van der Waals surface area contributed by atoms with E-state index in [1.807, 2.05) is 6.07 Å². The zero-order chi connectivity index (χ0) is 18.1. The van der Waals surface area contributed by atoms with E-state index in [0.717, 1.165) is 29.8 Å². The van der Waals surface area contributed by atoms with Crippen LogP contribution in [0.4, 0.5) is 0 Å². The molecule has 1 aliphatic heterocycles. The molecule has 2 aromatic rings. The summed E-state index contributed by atoms with van der Waals surface area (Å²) in [5.41, 5.74) is 18.5. The van der Waals surface area contributed by atoms with Crippen LogP contribution in [0.3, 0.4) is 0 Å². The lowest BCUT2D eigenvalue weighted by Crippen LogP contribution is -2.39. The van der Waals surface area contributed by atoms with Crippen LogP contribution < -0.4 is 21.9 Å². The molecule has 0 unspecified atom stereocenters. The van der Waals surface area contributed by atoms with Crippen LogP contribution in [-0.2, 0) is 12.8 Å². The Kier molecular flexibility index (Phi) is 4.18. The molecular formula is C20H22N6. The largest absolute Gasteiger partial charge is 0.400 e. The van der Waals surface area contributed by atoms with Gasteiger partial charge in [-0.1, -0.05) is 37.4 Å². The smallest absolute Gasteiger partial charge is 0.163 e. The first-order chi connectivity index (χ1) is 12.6. The maximum atomic E-state index is 6.11. The summed E-state index contributed by atoms with van der Waals surface area (Å²) in [6, 6.07) is 10.7. The Morgan fingerprint density at radius 3 is 2.62 bits per heavy atom. The highest BCUT2D eigenvalue weighted by molar-refractivity contribution is 5.77. The quantitative estimate of drug-likeness (QED) is 0.671. The molecule has 0 saturated heterocycles. The number of benzene rings is 1. The number of nitrogens with one attached hydrogen (secondary N) is 3. The molecule has 26 heavy (non-hydrogen) atoms. The van der Waals surface area contributed by atoms with Gasteiger partial charge in [0.05, 0.1) is 29.2 Å². The summed E-state index contributed by atoms with van der Waals surface area (Å²) in [5.74, 6) is 0.552. The number of hydrazine groups is 1. The molecule has 2 heterocycles. The van der Waals surface area contributed by atoms with Gasteiger partial charge in [0.15, 0.2) is 5.82 Å². The van der Waals surface area contributed by atoms with Crippen LogP contribution >= 0.6 is 0 Å². The van der Waals surface area contributed by atoms with Gasteiger partial charge in [-0.15, -0.1) is 0 Å². The number of hydrogen-bond donors (Lipinski definition) is 4. The molecule has 0 saturated carbocycles. The zero-order valence-corrected chi connectivity index (χ0v) is 14.5. The van der Waals surface area contributed by atoms with Gasteiger partial charge in [-0.25, -0.2) is 15.4 Å². The Balaban J connectivity index is 1.52. The molecule has 132 valence electrons. The topological polar surface area (TPSA) is 87.9 Å². The van der Waals surface area contributed by atoms with Gasteiger partial charge >= 0.3 is 0 Å². The number of hydrogen-bond acceptors (Lipinski definition) is 6. The fourth-order valence-electron chi connectivity index (χ4n) is 3.50. The first-order valence-corrected chi connectivity index (χ1v) is 8.64. The van der Waals surface area contributed by atoms with Gasteiger partial charge < -0.3 is 16.5 Å². The number of nitrogens with zero attached hydrogens (tertiary/aromatic N) is 2. The highest BCUT2D eigenvalue weighted by Crippen LogP contribution is 2.24. The minimum Gasteiger partial charge on any atom is -0.400 e. The molecule has 0 atom stereocenters. The fraction of sp³-hybridized carbons (Fsp3) is 0.200. The van der Waals surface area contributed by atoms with Crippen molar-refractivity contribution in [3.8, 4) is 0 Å². The Bertz CT molecular complexity index is 889. The van der Waals surface area contributed by atoms with Crippen LogP contribution in [0.15, 0.2) is 61.1 Å². The summed E-state index contributed by atoms with van der Waals surface area (Å²) in [5, 5.41) is 3.51. The van der Waals surface area contributed by atoms with Crippen molar-refractivity contribution in [3.63, 3.8) is 0 Å². The zero-order valence-electron chi connectivity index (χ0n) is 14.5. The molecule has 0 radical (unpaired) electrons. The molecule has 1 aromatic heterocycles. The molecule has 0 spiro atoms. The Morgan fingerprint density at radius 2 is 1.92 bits per heavy atom. The summed E-state index contributed by atoms with van der Waals surface area (Å²) in [7, 11) is 0. The highest BCUT2D eigenvalue weighted by atomic mass is 15.4. The summed E-state index contributed by atoms with van der Waals surface area (Å²) >= 11 is 0. The van der Waals surface area contributed by atoms with Crippen molar-refractivity contribution in [1.82, 2.24) is 26.1 Å². The van der Waals surface area contributed by atoms with Crippen molar-refractivity contribution < 1.29 is 0 Å². The second-order valence-corrected chi connectivity index (χ2v) is 6.62. The lowest BCUT2D eigenvalue weighted by Gasteiger charge is -2.22. The van der Waals surface area contributed by atoms with E-state index in [4.69, 9.17) is 5.73 Å². The average molecular weight is 346 g/mol. The van der Waals surface area contributed by atoms with Gasteiger partial charge in [0, 0.05) is 17.9 Å². The number of rotatable bonds is 4. The van der Waals surface area contributed by atoms with E-state index in [1.165, 1.54) is 11.1 Å². The summed E-state index contributed by atoms with van der Waals surface area (Å²) in [6.07, 6.45) is 3.72. The predicted octanol–water partition coefficient (Wildman–Crippen LogP) is 1.50. The third-order valence-corrected chi connectivity index (χ3v) is 4.76. The highest BCUT2D eigenvalue weighted by Gasteiger charge is 2.22. The van der Waals surface area contributed by atoms with Crippen molar-refractivity contribution in [3.05, 3.63) is 83.7 Å². The monoisotopic (exact) mass is 346 g/mol. The molecule has 5 N–H and O–H groups in total. The van der Waals surface area contributed by atoms with E-state index < -0.39 is 0 Å². The number of allylic oxidation sites excluding steroid dienone is 1. The van der Waals surface area contributed by atoms with E-state index in [1.54, 1.807) is 6.20 Å². The maximum absolute atomic E-state index is 6.11. The Labute approximate surface area is 152 Å². The van der Waals surface area contributed by atoms with E-state index in [9.17, 15) is 0 Å². The molecule has 0 amide bonds. The first-order valence-electron chi connectivity index (χ1n) is 8.64. The average Bonchev–Trinajstić information content (AvgIpc) is 3.04. The van der Waals surface area contributed by atoms with Crippen LogP contribution in [0.5, 0.6) is 0 Å². The van der Waals surface area contributed by atoms with E-state index in [0.29, 0.717) is 29.8 Å². The predicted molar refractivity (Wildman–Crippen MR) is 103 cm³/mol. The molecule has 1 aromatic carbocycles. The first kappa shape index (κ1) is 16.4. The number of fused-ring (bicyclic) bond motifs is 1. The molecule has 4 rings (SSSR count). The van der Waals surface area contributed by atoms with Crippen LogP contribution in [0.2, 0.25) is 0 Å². The van der Waals surface area contributed by atoms with Crippen molar-refractivity contribution in [2.45, 2.75) is 18.9 Å². The molecule has 1 aliphatic carbocycles. The van der Waals surface area contributed by atoms with Gasteiger partial charge in [0.1, 0.15) is 0 Å². The van der Waals surface area contributed by atoms with E-state index in [-0.39, 0.29) is 0 Å². The molecule has 2 aliphatic rings. The van der Waals surface area contributed by atoms with Gasteiger partial charge in [-0.2, -0.15) is 0 Å². The third-order valence-electron chi connectivity index (χ3n) is 4.76. The lowest BCUT2D eigenvalue weighted by molar-refractivity contribution is 0.626. The van der Waals surface area contributed by atoms with Gasteiger partial charge in [0.2, 0.25) is 0 Å². The van der Waals surface area contributed by atoms with Crippen molar-refractivity contribution in [2.24, 2.45) is 5.73 Å². The molecule has 0 fully saturated rings. The summed E-state index contributed by atoms with van der Waals surface area (Å²) in [6.45, 7) is 8.67. The fourth-order valence-corrected chi connectivity index (χ4v) is 3.50. The van der Waals surface area contributed by atoms with Crippen molar-refractivity contribution in [1.29, 1.82) is 0 Å². The number of nitrogens with two attached hydrogens (primary N) is 1.